The van der Waals surface area contributed by atoms with Crippen molar-refractivity contribution < 1.29 is 23.9 Å². The summed E-state index contributed by atoms with van der Waals surface area (Å²) in [5.74, 6) is -1.51. The van der Waals surface area contributed by atoms with Gasteiger partial charge in [-0.2, -0.15) is 0 Å². The van der Waals surface area contributed by atoms with Crippen molar-refractivity contribution in [1.82, 2.24) is 10.3 Å². The van der Waals surface area contributed by atoms with Crippen molar-refractivity contribution in [2.24, 2.45) is 5.73 Å². The minimum atomic E-state index is -0.675. The van der Waals surface area contributed by atoms with E-state index in [4.69, 9.17) is 20.6 Å². The van der Waals surface area contributed by atoms with Crippen molar-refractivity contribution in [2.45, 2.75) is 32.9 Å². The molecule has 4 aromatic rings. The van der Waals surface area contributed by atoms with Crippen molar-refractivity contribution in [3.05, 3.63) is 113 Å². The van der Waals surface area contributed by atoms with Crippen LogP contribution in [0.4, 0.5) is 5.69 Å². The van der Waals surface area contributed by atoms with Gasteiger partial charge in [0.15, 0.2) is 0 Å². The van der Waals surface area contributed by atoms with Gasteiger partial charge in [0.25, 0.3) is 11.8 Å². The molecule has 0 saturated heterocycles. The zero-order valence-electron chi connectivity index (χ0n) is 24.4. The van der Waals surface area contributed by atoms with E-state index >= 15 is 0 Å². The lowest BCUT2D eigenvalue weighted by molar-refractivity contribution is 0.0473. The summed E-state index contributed by atoms with van der Waals surface area (Å²) in [5, 5.41) is 13.3. The summed E-state index contributed by atoms with van der Waals surface area (Å²) >= 11 is 0. The minimum absolute atomic E-state index is 0.0148. The molecule has 0 radical (unpaired) electrons. The Morgan fingerprint density at radius 2 is 1.51 bits per heavy atom. The van der Waals surface area contributed by atoms with E-state index < -0.39 is 17.4 Å². The van der Waals surface area contributed by atoms with Gasteiger partial charge in [-0.3, -0.25) is 15.0 Å². The highest BCUT2D eigenvalue weighted by atomic mass is 16.5. The number of methoxy groups -OCH3 is 1. The molecule has 43 heavy (non-hydrogen) atoms. The molecule has 0 aliphatic carbocycles. The molecule has 0 saturated carbocycles. The largest absolute Gasteiger partial charge is 0.481 e. The molecule has 10 nitrogen and oxygen atoms in total. The zero-order chi connectivity index (χ0) is 31.1. The van der Waals surface area contributed by atoms with Crippen LogP contribution >= 0.6 is 0 Å². The number of nitrogens with zero attached hydrogens (tertiary/aromatic N) is 1. The number of pyridine rings is 1. The van der Waals surface area contributed by atoms with Crippen molar-refractivity contribution in [2.75, 3.05) is 12.4 Å². The molecule has 220 valence electrons. The smallest absolute Gasteiger partial charge is 0.339 e. The van der Waals surface area contributed by atoms with Crippen LogP contribution in [-0.4, -0.2) is 41.3 Å². The van der Waals surface area contributed by atoms with E-state index in [0.29, 0.717) is 22.4 Å². The number of hydrogen-bond donors (Lipinski definition) is 4. The molecule has 0 unspecified atom stereocenters. The first-order valence-electron chi connectivity index (χ1n) is 13.4. The van der Waals surface area contributed by atoms with Crippen LogP contribution in [0.15, 0.2) is 84.9 Å². The lowest BCUT2D eigenvalue weighted by Gasteiger charge is -2.21. The number of amidine groups is 1. The molecule has 0 atom stereocenters. The minimum Gasteiger partial charge on any atom is -0.481 e. The zero-order valence-corrected chi connectivity index (χ0v) is 24.4. The van der Waals surface area contributed by atoms with Crippen molar-refractivity contribution >= 4 is 29.3 Å². The van der Waals surface area contributed by atoms with Gasteiger partial charge in [0, 0.05) is 34.0 Å². The Bertz CT molecular complexity index is 1660. The highest BCUT2D eigenvalue weighted by molar-refractivity contribution is 6.10. The lowest BCUT2D eigenvalue weighted by atomic mass is 9.95. The van der Waals surface area contributed by atoms with E-state index in [1.807, 2.05) is 51.1 Å². The number of aromatic nitrogens is 1. The third kappa shape index (κ3) is 7.82. The molecule has 0 aliphatic rings. The van der Waals surface area contributed by atoms with Crippen LogP contribution in [0.25, 0.3) is 11.1 Å². The average Bonchev–Trinajstić information content (AvgIpc) is 2.99. The molecular weight excluding hydrogens is 546 g/mol. The van der Waals surface area contributed by atoms with Gasteiger partial charge < -0.3 is 25.8 Å². The van der Waals surface area contributed by atoms with Crippen LogP contribution in [-0.2, 0) is 11.3 Å². The van der Waals surface area contributed by atoms with Crippen LogP contribution in [0.3, 0.4) is 0 Å². The molecule has 10 heteroatoms. The van der Waals surface area contributed by atoms with Gasteiger partial charge in [-0.1, -0.05) is 36.4 Å². The van der Waals surface area contributed by atoms with Gasteiger partial charge >= 0.3 is 5.97 Å². The monoisotopic (exact) mass is 579 g/mol. The maximum atomic E-state index is 13.5. The quantitative estimate of drug-likeness (QED) is 0.121. The summed E-state index contributed by atoms with van der Waals surface area (Å²) in [6, 6.07) is 23.5. The molecule has 5 N–H and O–H groups in total. The normalized spacial score (nSPS) is 10.9. The van der Waals surface area contributed by atoms with E-state index in [0.717, 1.165) is 5.56 Å². The van der Waals surface area contributed by atoms with Crippen LogP contribution in [0, 0.1) is 5.41 Å². The summed E-state index contributed by atoms with van der Waals surface area (Å²) in [4.78, 5) is 44.5. The molecule has 1 heterocycles. The van der Waals surface area contributed by atoms with Gasteiger partial charge in [-0.25, -0.2) is 9.78 Å². The van der Waals surface area contributed by atoms with Gasteiger partial charge in [-0.05, 0) is 74.4 Å². The first-order valence-corrected chi connectivity index (χ1v) is 13.4. The van der Waals surface area contributed by atoms with Gasteiger partial charge in [0.05, 0.1) is 12.7 Å². The summed E-state index contributed by atoms with van der Waals surface area (Å²) in [7, 11) is 1.43. The second-order valence-corrected chi connectivity index (χ2v) is 10.7. The number of carbonyl (C=O) groups is 3. The second-order valence-electron chi connectivity index (χ2n) is 10.7. The molecular formula is C33H33N5O5. The van der Waals surface area contributed by atoms with Crippen LogP contribution in [0.5, 0.6) is 5.88 Å². The van der Waals surface area contributed by atoms with E-state index in [-0.39, 0.29) is 41.1 Å². The number of esters is 1. The van der Waals surface area contributed by atoms with Gasteiger partial charge in [0.1, 0.15) is 18.1 Å². The molecule has 0 spiro atoms. The van der Waals surface area contributed by atoms with Crippen LogP contribution in [0.1, 0.15) is 63.1 Å². The van der Waals surface area contributed by atoms with Gasteiger partial charge in [0.2, 0.25) is 5.88 Å². The maximum absolute atomic E-state index is 13.5. The Morgan fingerprint density at radius 3 is 2.14 bits per heavy atom. The van der Waals surface area contributed by atoms with Crippen molar-refractivity contribution in [1.29, 1.82) is 5.41 Å². The number of rotatable bonds is 9. The second kappa shape index (κ2) is 13.0. The Balaban J connectivity index is 1.76. The lowest BCUT2D eigenvalue weighted by Crippen LogP contribution is -2.40. The summed E-state index contributed by atoms with van der Waals surface area (Å²) in [6.07, 6.45) is 0. The number of nitrogen functional groups attached to an aromatic ring is 1. The number of ether oxygens (including phenoxy) is 2. The number of anilines is 1. The molecule has 2 amide bonds. The molecule has 0 bridgehead atoms. The predicted octanol–water partition coefficient (Wildman–Crippen LogP) is 5.18. The topological polar surface area (TPSA) is 156 Å². The maximum Gasteiger partial charge on any atom is 0.339 e. The third-order valence-corrected chi connectivity index (χ3v) is 6.24. The van der Waals surface area contributed by atoms with Crippen LogP contribution < -0.4 is 21.1 Å². The van der Waals surface area contributed by atoms with E-state index in [1.54, 1.807) is 48.5 Å². The molecule has 3 aromatic carbocycles. The first kappa shape index (κ1) is 30.4. The molecule has 1 aromatic heterocycles. The Labute approximate surface area is 249 Å². The fourth-order valence-corrected chi connectivity index (χ4v) is 4.17. The Morgan fingerprint density at radius 1 is 0.860 bits per heavy atom. The number of carbonyl (C=O) groups excluding carboxylic acids is 3. The van der Waals surface area contributed by atoms with Crippen LogP contribution in [0.2, 0.25) is 0 Å². The van der Waals surface area contributed by atoms with E-state index in [9.17, 15) is 14.4 Å². The van der Waals surface area contributed by atoms with E-state index in [2.05, 4.69) is 15.6 Å². The standard InChI is InChI=1S/C33H33N5O5/c1-33(2,3)38-30(39)22-12-15-24(26(18-22)32(41)43-19-20-8-6-5-7-9-20)25-16-17-27(42-4)37-28(25)31(40)36-23-13-10-21(11-14-23)29(34)35/h5-18H,19H2,1-4H3,(H3,34,35)(H,36,40)(H,38,39). The number of amides is 2. The molecule has 0 fully saturated rings. The Kier molecular flexibility index (Phi) is 9.20. The highest BCUT2D eigenvalue weighted by Crippen LogP contribution is 2.31. The first-order chi connectivity index (χ1) is 20.4. The fraction of sp³-hybridized carbons (Fsp3) is 0.182. The molecule has 4 rings (SSSR count). The number of hydrogen-bond acceptors (Lipinski definition) is 7. The number of nitrogens with two attached hydrogens (primary N) is 1. The summed E-state index contributed by atoms with van der Waals surface area (Å²) < 4.78 is 10.9. The highest BCUT2D eigenvalue weighted by Gasteiger charge is 2.24. The fourth-order valence-electron chi connectivity index (χ4n) is 4.17. The summed E-state index contributed by atoms with van der Waals surface area (Å²) in [6.45, 7) is 5.59. The average molecular weight is 580 g/mol. The number of nitrogens with one attached hydrogen (secondary N) is 3. The SMILES string of the molecule is COc1ccc(-c2ccc(C(=O)NC(C)(C)C)cc2C(=O)OCc2ccccc2)c(C(=O)Nc2ccc(C(=N)N)cc2)n1. The number of benzene rings is 3. The van der Waals surface area contributed by atoms with Crippen molar-refractivity contribution in [3.8, 4) is 17.0 Å². The third-order valence-electron chi connectivity index (χ3n) is 6.24. The van der Waals surface area contributed by atoms with E-state index in [1.165, 1.54) is 13.2 Å². The molecule has 0 aliphatic heterocycles. The predicted molar refractivity (Wildman–Crippen MR) is 164 cm³/mol. The van der Waals surface area contributed by atoms with Crippen molar-refractivity contribution in [3.63, 3.8) is 0 Å². The van der Waals surface area contributed by atoms with Gasteiger partial charge in [-0.15, -0.1) is 0 Å². The Hall–Kier alpha value is -5.51. The summed E-state index contributed by atoms with van der Waals surface area (Å²) in [5.41, 5.74) is 7.78.